The summed E-state index contributed by atoms with van der Waals surface area (Å²) in [4.78, 5) is 24.5. The van der Waals surface area contributed by atoms with Gasteiger partial charge >= 0.3 is 0 Å². The van der Waals surface area contributed by atoms with E-state index in [1.807, 2.05) is 6.92 Å². The van der Waals surface area contributed by atoms with E-state index in [0.717, 1.165) is 31.2 Å². The van der Waals surface area contributed by atoms with Gasteiger partial charge in [-0.1, -0.05) is 49.9 Å². The topological polar surface area (TPSA) is 88.7 Å². The SMILES string of the molecule is CCCCCCOc1ccccc1C(=O)NC(=S)NNC(=O)COc1ccc(Cl)cc1C. The smallest absolute Gasteiger partial charge is 0.276 e. The number of aryl methyl sites for hydroxylation is 1. The van der Waals surface area contributed by atoms with Gasteiger partial charge in [0.2, 0.25) is 0 Å². The van der Waals surface area contributed by atoms with E-state index >= 15 is 0 Å². The number of rotatable bonds is 10. The Balaban J connectivity index is 1.77. The van der Waals surface area contributed by atoms with Crippen LogP contribution in [0.3, 0.4) is 0 Å². The first-order valence-corrected chi connectivity index (χ1v) is 11.2. The molecule has 2 aromatic carbocycles. The van der Waals surface area contributed by atoms with Gasteiger partial charge < -0.3 is 9.47 Å². The zero-order chi connectivity index (χ0) is 23.3. The third-order valence-corrected chi connectivity index (χ3v) is 4.86. The number of para-hydroxylation sites is 1. The normalized spacial score (nSPS) is 10.2. The maximum absolute atomic E-state index is 12.6. The van der Waals surface area contributed by atoms with Gasteiger partial charge in [0, 0.05) is 5.02 Å². The zero-order valence-electron chi connectivity index (χ0n) is 18.2. The molecule has 0 heterocycles. The van der Waals surface area contributed by atoms with Crippen LogP contribution in [0.5, 0.6) is 11.5 Å². The molecule has 0 radical (unpaired) electrons. The predicted molar refractivity (Wildman–Crippen MR) is 129 cm³/mol. The standard InChI is InChI=1S/C23H28ClN3O4S/c1-3-4-5-8-13-30-20-10-7-6-9-18(20)22(29)25-23(32)27-26-21(28)15-31-19-12-11-17(24)14-16(19)2/h6-7,9-12,14H,3-5,8,13,15H2,1-2H3,(H,26,28)(H2,25,27,29,32). The van der Waals surface area contributed by atoms with Gasteiger partial charge in [0.05, 0.1) is 12.2 Å². The Morgan fingerprint density at radius 2 is 1.78 bits per heavy atom. The number of nitrogens with one attached hydrogen (secondary N) is 3. The van der Waals surface area contributed by atoms with Crippen molar-refractivity contribution in [2.45, 2.75) is 39.5 Å². The third-order valence-electron chi connectivity index (χ3n) is 4.43. The molecule has 0 unspecified atom stereocenters. The van der Waals surface area contributed by atoms with Crippen LogP contribution in [0.2, 0.25) is 5.02 Å². The Labute approximate surface area is 198 Å². The lowest BCUT2D eigenvalue weighted by Crippen LogP contribution is -2.49. The highest BCUT2D eigenvalue weighted by molar-refractivity contribution is 7.80. The average molecular weight is 478 g/mol. The highest BCUT2D eigenvalue weighted by Gasteiger charge is 2.14. The van der Waals surface area contributed by atoms with E-state index in [4.69, 9.17) is 33.3 Å². The van der Waals surface area contributed by atoms with Gasteiger partial charge in [0.1, 0.15) is 11.5 Å². The molecule has 3 N–H and O–H groups in total. The molecule has 0 spiro atoms. The van der Waals surface area contributed by atoms with Crippen molar-refractivity contribution in [1.29, 1.82) is 0 Å². The number of unbranched alkanes of at least 4 members (excludes halogenated alkanes) is 3. The Hall–Kier alpha value is -2.84. The van der Waals surface area contributed by atoms with Gasteiger partial charge in [-0.05, 0) is 61.5 Å². The fourth-order valence-corrected chi connectivity index (χ4v) is 3.14. The van der Waals surface area contributed by atoms with Gasteiger partial charge in [-0.2, -0.15) is 0 Å². The summed E-state index contributed by atoms with van der Waals surface area (Å²) in [5, 5.41) is 3.06. The summed E-state index contributed by atoms with van der Waals surface area (Å²) in [6, 6.07) is 12.0. The summed E-state index contributed by atoms with van der Waals surface area (Å²) >= 11 is 11.0. The molecule has 2 rings (SSSR count). The number of hydrogen-bond donors (Lipinski definition) is 3. The number of amides is 2. The molecule has 7 nitrogen and oxygen atoms in total. The van der Waals surface area contributed by atoms with Crippen LogP contribution in [0, 0.1) is 6.92 Å². The van der Waals surface area contributed by atoms with E-state index in [2.05, 4.69) is 23.1 Å². The van der Waals surface area contributed by atoms with Crippen LogP contribution in [-0.4, -0.2) is 30.1 Å². The molecule has 0 aliphatic rings. The van der Waals surface area contributed by atoms with Crippen molar-refractivity contribution in [1.82, 2.24) is 16.2 Å². The van der Waals surface area contributed by atoms with E-state index in [0.29, 0.717) is 28.7 Å². The minimum absolute atomic E-state index is 0.0521. The van der Waals surface area contributed by atoms with E-state index < -0.39 is 11.8 Å². The quantitative estimate of drug-likeness (QED) is 0.268. The van der Waals surface area contributed by atoms with Crippen LogP contribution in [0.25, 0.3) is 0 Å². The Morgan fingerprint density at radius 3 is 2.53 bits per heavy atom. The van der Waals surface area contributed by atoms with Gasteiger partial charge in [0.25, 0.3) is 11.8 Å². The lowest BCUT2D eigenvalue weighted by Gasteiger charge is -2.14. The van der Waals surface area contributed by atoms with Crippen LogP contribution in [-0.2, 0) is 4.79 Å². The number of hydrazine groups is 1. The molecule has 0 saturated carbocycles. The first-order valence-electron chi connectivity index (χ1n) is 10.4. The molecule has 2 aromatic rings. The van der Waals surface area contributed by atoms with Crippen molar-refractivity contribution in [3.8, 4) is 11.5 Å². The second-order valence-corrected chi connectivity index (χ2v) is 7.90. The van der Waals surface area contributed by atoms with E-state index in [1.165, 1.54) is 0 Å². The number of carbonyl (C=O) groups excluding carboxylic acids is 2. The molecule has 0 aliphatic heterocycles. The molecule has 0 bridgehead atoms. The van der Waals surface area contributed by atoms with Crippen LogP contribution >= 0.6 is 23.8 Å². The minimum atomic E-state index is -0.466. The van der Waals surface area contributed by atoms with Crippen molar-refractivity contribution >= 4 is 40.7 Å². The highest BCUT2D eigenvalue weighted by Crippen LogP contribution is 2.21. The fraction of sp³-hybridized carbons (Fsp3) is 0.348. The molecule has 0 atom stereocenters. The summed E-state index contributed by atoms with van der Waals surface area (Å²) < 4.78 is 11.2. The number of thiocarbonyl (C=S) groups is 1. The molecule has 9 heteroatoms. The van der Waals surface area contributed by atoms with Crippen LogP contribution in [0.15, 0.2) is 42.5 Å². The van der Waals surface area contributed by atoms with Gasteiger partial charge in [-0.15, -0.1) is 0 Å². The third kappa shape index (κ3) is 8.72. The van der Waals surface area contributed by atoms with Crippen molar-refractivity contribution < 1.29 is 19.1 Å². The number of hydrogen-bond acceptors (Lipinski definition) is 5. The maximum atomic E-state index is 12.6. The Morgan fingerprint density at radius 1 is 1.00 bits per heavy atom. The number of carbonyl (C=O) groups is 2. The van der Waals surface area contributed by atoms with Crippen molar-refractivity contribution in [2.24, 2.45) is 0 Å². The minimum Gasteiger partial charge on any atom is -0.493 e. The predicted octanol–water partition coefficient (Wildman–Crippen LogP) is 4.32. The molecule has 2 amide bonds. The van der Waals surface area contributed by atoms with Gasteiger partial charge in [-0.3, -0.25) is 25.8 Å². The molecule has 172 valence electrons. The van der Waals surface area contributed by atoms with Gasteiger partial charge in [-0.25, -0.2) is 0 Å². The molecule has 0 saturated heterocycles. The summed E-state index contributed by atoms with van der Waals surface area (Å²) in [5.74, 6) is 0.132. The Kier molecular flexibility index (Phi) is 10.8. The van der Waals surface area contributed by atoms with Crippen LogP contribution < -0.4 is 25.6 Å². The molecular formula is C23H28ClN3O4S. The summed E-state index contributed by atoms with van der Waals surface area (Å²) in [6.07, 6.45) is 4.31. The highest BCUT2D eigenvalue weighted by atomic mass is 35.5. The van der Waals surface area contributed by atoms with Gasteiger partial charge in [0.15, 0.2) is 11.7 Å². The first-order chi connectivity index (χ1) is 15.4. The second-order valence-electron chi connectivity index (χ2n) is 7.06. The summed E-state index contributed by atoms with van der Waals surface area (Å²) in [7, 11) is 0. The van der Waals surface area contributed by atoms with E-state index in [-0.39, 0.29) is 11.7 Å². The monoisotopic (exact) mass is 477 g/mol. The van der Waals surface area contributed by atoms with Crippen LogP contribution in [0.1, 0.15) is 48.5 Å². The Bertz CT molecular complexity index is 939. The molecule has 0 aliphatic carbocycles. The lowest BCUT2D eigenvalue weighted by molar-refractivity contribution is -0.123. The van der Waals surface area contributed by atoms with Crippen LogP contribution in [0.4, 0.5) is 0 Å². The molecule has 32 heavy (non-hydrogen) atoms. The lowest BCUT2D eigenvalue weighted by atomic mass is 10.2. The summed E-state index contributed by atoms with van der Waals surface area (Å²) in [5.41, 5.74) is 6.04. The number of benzene rings is 2. The first kappa shape index (κ1) is 25.4. The maximum Gasteiger partial charge on any atom is 0.276 e. The molecule has 0 fully saturated rings. The van der Waals surface area contributed by atoms with E-state index in [9.17, 15) is 9.59 Å². The van der Waals surface area contributed by atoms with Crippen molar-refractivity contribution in [3.63, 3.8) is 0 Å². The number of halogens is 1. The van der Waals surface area contributed by atoms with E-state index in [1.54, 1.807) is 42.5 Å². The summed E-state index contributed by atoms with van der Waals surface area (Å²) in [6.45, 7) is 4.28. The molecular weight excluding hydrogens is 450 g/mol. The average Bonchev–Trinajstić information content (AvgIpc) is 2.77. The zero-order valence-corrected chi connectivity index (χ0v) is 19.8. The number of ether oxygens (including phenoxy) is 2. The largest absolute Gasteiger partial charge is 0.493 e. The van der Waals surface area contributed by atoms with Crippen molar-refractivity contribution in [2.75, 3.05) is 13.2 Å². The van der Waals surface area contributed by atoms with Crippen molar-refractivity contribution in [3.05, 3.63) is 58.6 Å². The molecule has 0 aromatic heterocycles. The fourth-order valence-electron chi connectivity index (χ4n) is 2.77. The second kappa shape index (κ2) is 13.5.